The molecule has 0 aromatic heterocycles. The molecule has 0 fully saturated rings. The molecule has 0 saturated carbocycles. The van der Waals surface area contributed by atoms with Crippen LogP contribution in [0.25, 0.3) is 0 Å². The molecule has 0 aliphatic rings. The lowest BCUT2D eigenvalue weighted by Crippen LogP contribution is -2.28. The monoisotopic (exact) mass is 237 g/mol. The van der Waals surface area contributed by atoms with Gasteiger partial charge in [-0.05, 0) is 38.5 Å². The van der Waals surface area contributed by atoms with Gasteiger partial charge in [-0.25, -0.2) is 0 Å². The zero-order valence-corrected chi connectivity index (χ0v) is 11.4. The van der Waals surface area contributed by atoms with Crippen molar-refractivity contribution in [3.05, 3.63) is 35.4 Å². The second-order valence-electron chi connectivity index (χ2n) is 4.38. The van der Waals surface area contributed by atoms with E-state index >= 15 is 0 Å². The summed E-state index contributed by atoms with van der Waals surface area (Å²) in [6.45, 7) is 5.55. The molecule has 1 aromatic rings. The molecule has 2 heteroatoms. The highest BCUT2D eigenvalue weighted by Gasteiger charge is 2.01. The minimum atomic E-state index is 0.618. The summed E-state index contributed by atoms with van der Waals surface area (Å²) in [5, 5.41) is 3.55. The summed E-state index contributed by atoms with van der Waals surface area (Å²) < 4.78 is 0. The average Bonchev–Trinajstić information content (AvgIpc) is 2.27. The van der Waals surface area contributed by atoms with Crippen LogP contribution in [0, 0.1) is 6.92 Å². The number of nitrogens with one attached hydrogen (secondary N) is 1. The van der Waals surface area contributed by atoms with Gasteiger partial charge in [-0.15, -0.1) is 0 Å². The van der Waals surface area contributed by atoms with Crippen LogP contribution in [0.3, 0.4) is 0 Å². The summed E-state index contributed by atoms with van der Waals surface area (Å²) in [6.07, 6.45) is 4.55. The van der Waals surface area contributed by atoms with Crippen molar-refractivity contribution in [2.24, 2.45) is 0 Å². The number of hydrogen-bond donors (Lipinski definition) is 1. The Morgan fingerprint density at radius 1 is 1.38 bits per heavy atom. The lowest BCUT2D eigenvalue weighted by atomic mass is 10.0. The fourth-order valence-corrected chi connectivity index (χ4v) is 2.08. The Hall–Kier alpha value is -0.470. The molecule has 1 nitrogen and oxygen atoms in total. The van der Waals surface area contributed by atoms with Crippen molar-refractivity contribution in [3.8, 4) is 0 Å². The maximum Gasteiger partial charge on any atom is 0.00554 e. The summed E-state index contributed by atoms with van der Waals surface area (Å²) in [5.74, 6) is 1.20. The third-order valence-corrected chi connectivity index (χ3v) is 3.36. The zero-order valence-electron chi connectivity index (χ0n) is 10.6. The van der Waals surface area contributed by atoms with Gasteiger partial charge in [0.25, 0.3) is 0 Å². The second-order valence-corrected chi connectivity index (χ2v) is 5.36. The molecule has 0 heterocycles. The van der Waals surface area contributed by atoms with E-state index in [1.54, 1.807) is 0 Å². The molecule has 1 atom stereocenters. The first-order valence-electron chi connectivity index (χ1n) is 6.00. The standard InChI is InChI=1S/C14H23NS/c1-12-5-4-6-14(11-12)8-7-13(2)15-9-10-16-3/h4-6,11,13,15H,7-10H2,1-3H3. The summed E-state index contributed by atoms with van der Waals surface area (Å²) in [4.78, 5) is 0. The minimum Gasteiger partial charge on any atom is -0.313 e. The summed E-state index contributed by atoms with van der Waals surface area (Å²) in [5.41, 5.74) is 2.82. The van der Waals surface area contributed by atoms with Gasteiger partial charge in [0, 0.05) is 18.3 Å². The number of aryl methyl sites for hydroxylation is 2. The SMILES string of the molecule is CSCCNC(C)CCc1cccc(C)c1. The van der Waals surface area contributed by atoms with E-state index in [4.69, 9.17) is 0 Å². The molecule has 16 heavy (non-hydrogen) atoms. The van der Waals surface area contributed by atoms with Gasteiger partial charge in [0.1, 0.15) is 0 Å². The second kappa shape index (κ2) is 7.75. The van der Waals surface area contributed by atoms with E-state index in [1.807, 2.05) is 11.8 Å². The molecule has 0 radical (unpaired) electrons. The molecular formula is C14H23NS. The highest BCUT2D eigenvalue weighted by molar-refractivity contribution is 7.98. The van der Waals surface area contributed by atoms with Crippen molar-refractivity contribution < 1.29 is 0 Å². The lowest BCUT2D eigenvalue weighted by molar-refractivity contribution is 0.533. The van der Waals surface area contributed by atoms with Gasteiger partial charge in [0.2, 0.25) is 0 Å². The molecule has 1 N–H and O–H groups in total. The summed E-state index contributed by atoms with van der Waals surface area (Å²) in [7, 11) is 0. The quantitative estimate of drug-likeness (QED) is 0.731. The third kappa shape index (κ3) is 5.57. The highest BCUT2D eigenvalue weighted by atomic mass is 32.2. The van der Waals surface area contributed by atoms with E-state index < -0.39 is 0 Å². The Morgan fingerprint density at radius 3 is 2.88 bits per heavy atom. The van der Waals surface area contributed by atoms with Crippen molar-refractivity contribution in [1.82, 2.24) is 5.32 Å². The predicted octanol–water partition coefficient (Wildman–Crippen LogP) is 3.27. The molecule has 0 bridgehead atoms. The Bertz CT molecular complexity index is 299. The predicted molar refractivity (Wildman–Crippen MR) is 75.3 cm³/mol. The molecule has 0 saturated heterocycles. The fraction of sp³-hybridized carbons (Fsp3) is 0.571. The zero-order chi connectivity index (χ0) is 11.8. The van der Waals surface area contributed by atoms with Crippen LogP contribution >= 0.6 is 11.8 Å². The van der Waals surface area contributed by atoms with Gasteiger partial charge in [-0.3, -0.25) is 0 Å². The van der Waals surface area contributed by atoms with Gasteiger partial charge in [0.05, 0.1) is 0 Å². The first-order chi connectivity index (χ1) is 7.72. The van der Waals surface area contributed by atoms with Gasteiger partial charge < -0.3 is 5.32 Å². The van der Waals surface area contributed by atoms with Crippen molar-refractivity contribution in [1.29, 1.82) is 0 Å². The maximum absolute atomic E-state index is 3.55. The topological polar surface area (TPSA) is 12.0 Å². The fourth-order valence-electron chi connectivity index (χ4n) is 1.76. The maximum atomic E-state index is 3.55. The average molecular weight is 237 g/mol. The Morgan fingerprint density at radius 2 is 2.19 bits per heavy atom. The number of thioether (sulfide) groups is 1. The van der Waals surface area contributed by atoms with Crippen molar-refractivity contribution in [3.63, 3.8) is 0 Å². The van der Waals surface area contributed by atoms with Crippen LogP contribution in [-0.4, -0.2) is 24.6 Å². The largest absolute Gasteiger partial charge is 0.313 e. The van der Waals surface area contributed by atoms with Crippen LogP contribution in [0.1, 0.15) is 24.5 Å². The van der Waals surface area contributed by atoms with Crippen molar-refractivity contribution >= 4 is 11.8 Å². The van der Waals surface area contributed by atoms with Gasteiger partial charge in [0.15, 0.2) is 0 Å². The van der Waals surface area contributed by atoms with Crippen LogP contribution in [-0.2, 0) is 6.42 Å². The molecule has 1 rings (SSSR count). The van der Waals surface area contributed by atoms with E-state index in [0.29, 0.717) is 6.04 Å². The first-order valence-corrected chi connectivity index (χ1v) is 7.39. The molecule has 0 spiro atoms. The van der Waals surface area contributed by atoms with Gasteiger partial charge in [-0.2, -0.15) is 11.8 Å². The van der Waals surface area contributed by atoms with E-state index in [-0.39, 0.29) is 0 Å². The van der Waals surface area contributed by atoms with Crippen molar-refractivity contribution in [2.45, 2.75) is 32.7 Å². The van der Waals surface area contributed by atoms with Crippen LogP contribution in [0.4, 0.5) is 0 Å². The molecule has 1 aromatic carbocycles. The minimum absolute atomic E-state index is 0.618. The molecule has 0 aliphatic heterocycles. The van der Waals surface area contributed by atoms with E-state index in [9.17, 15) is 0 Å². The Balaban J connectivity index is 2.23. The normalized spacial score (nSPS) is 12.7. The summed E-state index contributed by atoms with van der Waals surface area (Å²) in [6, 6.07) is 9.43. The molecule has 1 unspecified atom stereocenters. The van der Waals surface area contributed by atoms with Gasteiger partial charge >= 0.3 is 0 Å². The number of benzene rings is 1. The summed E-state index contributed by atoms with van der Waals surface area (Å²) >= 11 is 1.90. The lowest BCUT2D eigenvalue weighted by Gasteiger charge is -2.13. The third-order valence-electron chi connectivity index (χ3n) is 2.75. The van der Waals surface area contributed by atoms with Crippen LogP contribution in [0.15, 0.2) is 24.3 Å². The van der Waals surface area contributed by atoms with E-state index in [1.165, 1.54) is 29.7 Å². The smallest absolute Gasteiger partial charge is 0.00554 e. The van der Waals surface area contributed by atoms with E-state index in [0.717, 1.165) is 6.54 Å². The Kier molecular flexibility index (Phi) is 6.58. The first kappa shape index (κ1) is 13.6. The molecule has 0 aliphatic carbocycles. The number of rotatable bonds is 7. The van der Waals surface area contributed by atoms with Gasteiger partial charge in [-0.1, -0.05) is 29.8 Å². The van der Waals surface area contributed by atoms with E-state index in [2.05, 4.69) is 49.7 Å². The van der Waals surface area contributed by atoms with Crippen molar-refractivity contribution in [2.75, 3.05) is 18.6 Å². The highest BCUT2D eigenvalue weighted by Crippen LogP contribution is 2.08. The molecule has 0 amide bonds. The Labute approximate surface area is 104 Å². The van der Waals surface area contributed by atoms with Crippen LogP contribution < -0.4 is 5.32 Å². The molecular weight excluding hydrogens is 214 g/mol. The number of hydrogen-bond acceptors (Lipinski definition) is 2. The van der Waals surface area contributed by atoms with Crippen LogP contribution in [0.5, 0.6) is 0 Å². The molecule has 90 valence electrons. The van der Waals surface area contributed by atoms with Crippen LogP contribution in [0.2, 0.25) is 0 Å².